The molecule has 0 saturated heterocycles. The highest BCUT2D eigenvalue weighted by molar-refractivity contribution is 7.89. The van der Waals surface area contributed by atoms with E-state index in [0.717, 1.165) is 16.0 Å². The van der Waals surface area contributed by atoms with Crippen LogP contribution in [0.1, 0.15) is 26.7 Å². The summed E-state index contributed by atoms with van der Waals surface area (Å²) in [6, 6.07) is 12.3. The maximum absolute atomic E-state index is 12.5. The third-order valence-corrected chi connectivity index (χ3v) is 6.54. The van der Waals surface area contributed by atoms with Crippen molar-refractivity contribution >= 4 is 33.7 Å². The summed E-state index contributed by atoms with van der Waals surface area (Å²) in [5.74, 6) is -1.23. The monoisotopic (exact) mass is 482 g/mol. The summed E-state index contributed by atoms with van der Waals surface area (Å²) in [6.45, 7) is 3.49. The van der Waals surface area contributed by atoms with Crippen LogP contribution < -0.4 is 4.72 Å². The van der Waals surface area contributed by atoms with Crippen molar-refractivity contribution in [1.29, 1.82) is 0 Å². The fraction of sp³-hybridized carbons (Fsp3) is 0.364. The SMILES string of the molecule is CC(C)CC(C(=O)O)N(CCCNS(=O)(=O)c1ccc(-c2ccc(Cl)cc2)cc1)C(=O)O. The molecule has 10 heteroatoms. The zero-order valence-electron chi connectivity index (χ0n) is 17.9. The van der Waals surface area contributed by atoms with Crippen LogP contribution in [0.4, 0.5) is 4.79 Å². The van der Waals surface area contributed by atoms with Gasteiger partial charge in [0.1, 0.15) is 6.04 Å². The molecule has 1 atom stereocenters. The number of rotatable bonds is 11. The molecule has 2 rings (SSSR count). The van der Waals surface area contributed by atoms with E-state index in [2.05, 4.69) is 4.72 Å². The van der Waals surface area contributed by atoms with E-state index in [1.165, 1.54) is 12.1 Å². The van der Waals surface area contributed by atoms with E-state index in [9.17, 15) is 28.2 Å². The summed E-state index contributed by atoms with van der Waals surface area (Å²) in [7, 11) is -3.79. The minimum absolute atomic E-state index is 0.00713. The second kappa shape index (κ2) is 11.3. The number of benzene rings is 2. The third-order valence-electron chi connectivity index (χ3n) is 4.81. The van der Waals surface area contributed by atoms with Crippen molar-refractivity contribution in [2.24, 2.45) is 5.92 Å². The lowest BCUT2D eigenvalue weighted by molar-refractivity contribution is -0.143. The molecule has 0 radical (unpaired) electrons. The van der Waals surface area contributed by atoms with Crippen molar-refractivity contribution in [3.63, 3.8) is 0 Å². The van der Waals surface area contributed by atoms with Crippen molar-refractivity contribution < 1.29 is 28.2 Å². The van der Waals surface area contributed by atoms with E-state index >= 15 is 0 Å². The second-order valence-electron chi connectivity index (χ2n) is 7.74. The summed E-state index contributed by atoms with van der Waals surface area (Å²) in [5, 5.41) is 19.4. The zero-order valence-corrected chi connectivity index (χ0v) is 19.4. The molecule has 8 nitrogen and oxygen atoms in total. The molecule has 0 aliphatic carbocycles. The molecule has 0 heterocycles. The first-order valence-corrected chi connectivity index (χ1v) is 12.0. The molecule has 174 valence electrons. The summed E-state index contributed by atoms with van der Waals surface area (Å²) < 4.78 is 27.5. The Labute approximate surface area is 192 Å². The number of nitrogens with zero attached hydrogens (tertiary/aromatic N) is 1. The first-order valence-electron chi connectivity index (χ1n) is 10.1. The van der Waals surface area contributed by atoms with E-state index in [0.29, 0.717) is 5.02 Å². The van der Waals surface area contributed by atoms with Gasteiger partial charge in [-0.25, -0.2) is 22.7 Å². The highest BCUT2D eigenvalue weighted by atomic mass is 35.5. The Hall–Kier alpha value is -2.62. The average molecular weight is 483 g/mol. The molecular formula is C22H27ClN2O6S. The van der Waals surface area contributed by atoms with Crippen LogP contribution in [0.25, 0.3) is 11.1 Å². The van der Waals surface area contributed by atoms with Gasteiger partial charge in [-0.15, -0.1) is 0 Å². The maximum atomic E-state index is 12.5. The number of carboxylic acid groups (broad SMARTS) is 2. The Morgan fingerprint density at radius 2 is 1.53 bits per heavy atom. The van der Waals surface area contributed by atoms with Crippen LogP contribution in [0.2, 0.25) is 5.02 Å². The van der Waals surface area contributed by atoms with E-state index in [-0.39, 0.29) is 36.7 Å². The number of aliphatic carboxylic acids is 1. The number of hydrogen-bond donors (Lipinski definition) is 3. The van der Waals surface area contributed by atoms with Gasteiger partial charge in [-0.05, 0) is 54.2 Å². The van der Waals surface area contributed by atoms with Crippen LogP contribution in [-0.2, 0) is 14.8 Å². The molecule has 0 bridgehead atoms. The number of hydrogen-bond acceptors (Lipinski definition) is 4. The lowest BCUT2D eigenvalue weighted by Gasteiger charge is -2.27. The molecule has 0 aromatic heterocycles. The number of sulfonamides is 1. The molecule has 0 spiro atoms. The van der Waals surface area contributed by atoms with E-state index in [4.69, 9.17) is 11.6 Å². The number of carbonyl (C=O) groups is 2. The summed E-state index contributed by atoms with van der Waals surface area (Å²) in [4.78, 5) is 23.9. The van der Waals surface area contributed by atoms with Crippen LogP contribution >= 0.6 is 11.6 Å². The fourth-order valence-corrected chi connectivity index (χ4v) is 4.40. The predicted molar refractivity (Wildman–Crippen MR) is 122 cm³/mol. The topological polar surface area (TPSA) is 124 Å². The molecule has 1 unspecified atom stereocenters. The van der Waals surface area contributed by atoms with Gasteiger partial charge in [-0.2, -0.15) is 0 Å². The lowest BCUT2D eigenvalue weighted by atomic mass is 10.0. The molecule has 0 aliphatic rings. The Kier molecular flexibility index (Phi) is 9.06. The Morgan fingerprint density at radius 3 is 2.00 bits per heavy atom. The van der Waals surface area contributed by atoms with Gasteiger partial charge in [-0.1, -0.05) is 49.7 Å². The van der Waals surface area contributed by atoms with Crippen LogP contribution in [0.15, 0.2) is 53.4 Å². The molecule has 3 N–H and O–H groups in total. The van der Waals surface area contributed by atoms with Gasteiger partial charge in [0.25, 0.3) is 0 Å². The molecular weight excluding hydrogens is 456 g/mol. The fourth-order valence-electron chi connectivity index (χ4n) is 3.20. The average Bonchev–Trinajstić information content (AvgIpc) is 2.72. The van der Waals surface area contributed by atoms with Crippen LogP contribution in [0, 0.1) is 5.92 Å². The number of nitrogens with one attached hydrogen (secondary N) is 1. The van der Waals surface area contributed by atoms with Gasteiger partial charge in [0.15, 0.2) is 0 Å². The largest absolute Gasteiger partial charge is 0.480 e. The zero-order chi connectivity index (χ0) is 23.9. The van der Waals surface area contributed by atoms with Crippen LogP contribution in [0.5, 0.6) is 0 Å². The second-order valence-corrected chi connectivity index (χ2v) is 9.95. The summed E-state index contributed by atoms with van der Waals surface area (Å²) >= 11 is 5.88. The smallest absolute Gasteiger partial charge is 0.408 e. The van der Waals surface area contributed by atoms with Gasteiger partial charge < -0.3 is 10.2 Å². The Balaban J connectivity index is 1.98. The van der Waals surface area contributed by atoms with Gasteiger partial charge in [0, 0.05) is 18.1 Å². The first kappa shape index (κ1) is 25.6. The van der Waals surface area contributed by atoms with Crippen LogP contribution in [0.3, 0.4) is 0 Å². The molecule has 2 aromatic carbocycles. The van der Waals surface area contributed by atoms with E-state index in [1.54, 1.807) is 24.3 Å². The maximum Gasteiger partial charge on any atom is 0.408 e. The Morgan fingerprint density at radius 1 is 1.00 bits per heavy atom. The quantitative estimate of drug-likeness (QED) is 0.413. The number of carboxylic acids is 1. The minimum Gasteiger partial charge on any atom is -0.480 e. The van der Waals surface area contributed by atoms with Gasteiger partial charge in [-0.3, -0.25) is 4.90 Å². The standard InChI is InChI=1S/C22H27ClN2O6S/c1-15(2)14-20(21(26)27)25(22(28)29)13-3-12-24-32(30,31)19-10-6-17(7-11-19)16-4-8-18(23)9-5-16/h4-11,15,20,24H,3,12-14H2,1-2H3,(H,26,27)(H,28,29). The Bertz CT molecular complexity index is 1020. The van der Waals surface area contributed by atoms with Crippen molar-refractivity contribution in [2.45, 2.75) is 37.6 Å². The third kappa shape index (κ3) is 7.22. The molecule has 0 aliphatic heterocycles. The molecule has 0 saturated carbocycles. The lowest BCUT2D eigenvalue weighted by Crippen LogP contribution is -2.46. The van der Waals surface area contributed by atoms with Crippen LogP contribution in [-0.4, -0.2) is 54.7 Å². The summed E-state index contributed by atoms with van der Waals surface area (Å²) in [5.41, 5.74) is 1.73. The number of halogens is 1. The van der Waals surface area contributed by atoms with E-state index in [1.807, 2.05) is 26.0 Å². The molecule has 1 amide bonds. The van der Waals surface area contributed by atoms with Crippen molar-refractivity contribution in [3.8, 4) is 11.1 Å². The number of amides is 1. The molecule has 32 heavy (non-hydrogen) atoms. The van der Waals surface area contributed by atoms with Crippen molar-refractivity contribution in [1.82, 2.24) is 9.62 Å². The van der Waals surface area contributed by atoms with Gasteiger partial charge in [0.2, 0.25) is 10.0 Å². The normalized spacial score (nSPS) is 12.5. The minimum atomic E-state index is -3.79. The predicted octanol–water partition coefficient (Wildman–Crippen LogP) is 4.15. The highest BCUT2D eigenvalue weighted by Crippen LogP contribution is 2.23. The molecule has 2 aromatic rings. The van der Waals surface area contributed by atoms with Crippen molar-refractivity contribution in [2.75, 3.05) is 13.1 Å². The van der Waals surface area contributed by atoms with E-state index < -0.39 is 28.1 Å². The van der Waals surface area contributed by atoms with Gasteiger partial charge in [0.05, 0.1) is 4.90 Å². The summed E-state index contributed by atoms with van der Waals surface area (Å²) in [6.07, 6.45) is -1.04. The van der Waals surface area contributed by atoms with Crippen molar-refractivity contribution in [3.05, 3.63) is 53.6 Å². The highest BCUT2D eigenvalue weighted by Gasteiger charge is 2.29. The van der Waals surface area contributed by atoms with Gasteiger partial charge >= 0.3 is 12.1 Å². The first-order chi connectivity index (χ1) is 15.0. The molecule has 0 fully saturated rings.